The Morgan fingerprint density at radius 1 is 1.08 bits per heavy atom. The molecular weight excluding hydrogens is 513 g/mol. The van der Waals surface area contributed by atoms with Crippen molar-refractivity contribution in [3.05, 3.63) is 58.9 Å². The summed E-state index contributed by atoms with van der Waals surface area (Å²) >= 11 is 6.01. The van der Waals surface area contributed by atoms with E-state index in [-0.39, 0.29) is 35.9 Å². The second-order valence-corrected chi connectivity index (χ2v) is 10.7. The Kier molecular flexibility index (Phi) is 9.52. The number of benzene rings is 2. The predicted octanol–water partition coefficient (Wildman–Crippen LogP) is 2.44. The first-order chi connectivity index (χ1) is 17.0. The summed E-state index contributed by atoms with van der Waals surface area (Å²) in [5, 5.41) is 0.315. The number of ether oxygens (including phenoxy) is 2. The van der Waals surface area contributed by atoms with E-state index in [0.29, 0.717) is 31.2 Å². The van der Waals surface area contributed by atoms with Gasteiger partial charge in [0, 0.05) is 43.3 Å². The molecule has 1 heterocycles. The normalized spacial score (nSPS) is 16.4. The third-order valence-corrected chi connectivity index (χ3v) is 6.43. The number of piperazine rings is 1. The van der Waals surface area contributed by atoms with E-state index in [1.165, 1.54) is 24.3 Å². The van der Waals surface area contributed by atoms with Crippen LogP contribution in [0.1, 0.15) is 18.9 Å². The molecule has 1 N–H and O–H groups in total. The molecule has 1 aliphatic rings. The lowest BCUT2D eigenvalue weighted by molar-refractivity contribution is -0.138. The summed E-state index contributed by atoms with van der Waals surface area (Å²) in [6.45, 7) is 3.74. The van der Waals surface area contributed by atoms with Crippen LogP contribution >= 0.6 is 11.6 Å². The number of halogens is 2. The SMILES string of the molecule is CC[C@@H]1CN(Cc2ccc(F)cc2)CCN1C(=O)COc1ccc(Cl)cc1OCC(=O)NS(C)(=O)=O. The Morgan fingerprint density at radius 2 is 1.78 bits per heavy atom. The van der Waals surface area contributed by atoms with Crippen molar-refractivity contribution in [2.75, 3.05) is 39.1 Å². The summed E-state index contributed by atoms with van der Waals surface area (Å²) in [7, 11) is -3.72. The standard InChI is InChI=1S/C24H29ClFN3O6S/c1-3-20-14-28(13-17-4-7-19(26)8-5-17)10-11-29(20)24(31)16-35-21-9-6-18(25)12-22(21)34-15-23(30)27-36(2,32)33/h4-9,12,20H,3,10-11,13-16H2,1-2H3,(H,27,30)/t20-/m1/s1. The number of hydrogen-bond acceptors (Lipinski definition) is 7. The molecule has 2 aromatic rings. The molecule has 12 heteroatoms. The van der Waals surface area contributed by atoms with E-state index in [1.54, 1.807) is 27.8 Å². The number of carbonyl (C=O) groups is 2. The summed E-state index contributed by atoms with van der Waals surface area (Å²) in [6, 6.07) is 10.9. The zero-order chi connectivity index (χ0) is 26.3. The third kappa shape index (κ3) is 8.35. The zero-order valence-corrected chi connectivity index (χ0v) is 21.6. The van der Waals surface area contributed by atoms with E-state index >= 15 is 0 Å². The maximum Gasteiger partial charge on any atom is 0.271 e. The number of rotatable bonds is 10. The fraction of sp³-hybridized carbons (Fsp3) is 0.417. The highest BCUT2D eigenvalue weighted by Crippen LogP contribution is 2.30. The van der Waals surface area contributed by atoms with Gasteiger partial charge in [0.2, 0.25) is 10.0 Å². The van der Waals surface area contributed by atoms with Gasteiger partial charge in [-0.1, -0.05) is 30.7 Å². The Balaban J connectivity index is 1.57. The van der Waals surface area contributed by atoms with Gasteiger partial charge in [-0.2, -0.15) is 0 Å². The number of hydrogen-bond donors (Lipinski definition) is 1. The number of amides is 2. The van der Waals surface area contributed by atoms with E-state index in [4.69, 9.17) is 21.1 Å². The van der Waals surface area contributed by atoms with Crippen LogP contribution in [0.4, 0.5) is 4.39 Å². The monoisotopic (exact) mass is 541 g/mol. The summed E-state index contributed by atoms with van der Waals surface area (Å²) in [4.78, 5) is 28.8. The van der Waals surface area contributed by atoms with Crippen LogP contribution in [-0.4, -0.2) is 75.2 Å². The van der Waals surface area contributed by atoms with Crippen LogP contribution in [0.25, 0.3) is 0 Å². The molecule has 1 aliphatic heterocycles. The van der Waals surface area contributed by atoms with Crippen molar-refractivity contribution in [2.45, 2.75) is 25.9 Å². The average Bonchev–Trinajstić information content (AvgIpc) is 2.82. The highest BCUT2D eigenvalue weighted by molar-refractivity contribution is 7.89. The lowest BCUT2D eigenvalue weighted by atomic mass is 10.1. The van der Waals surface area contributed by atoms with Gasteiger partial charge in [0.05, 0.1) is 6.26 Å². The van der Waals surface area contributed by atoms with Gasteiger partial charge in [-0.05, 0) is 36.2 Å². The van der Waals surface area contributed by atoms with E-state index in [2.05, 4.69) is 4.90 Å². The van der Waals surface area contributed by atoms with Gasteiger partial charge in [-0.15, -0.1) is 0 Å². The van der Waals surface area contributed by atoms with Crippen molar-refractivity contribution in [1.82, 2.24) is 14.5 Å². The molecule has 1 saturated heterocycles. The van der Waals surface area contributed by atoms with Gasteiger partial charge in [0.25, 0.3) is 11.8 Å². The first-order valence-corrected chi connectivity index (χ1v) is 13.6. The molecule has 3 rings (SSSR count). The van der Waals surface area contributed by atoms with Crippen molar-refractivity contribution < 1.29 is 31.9 Å². The second-order valence-electron chi connectivity index (χ2n) is 8.48. The van der Waals surface area contributed by atoms with Crippen molar-refractivity contribution in [3.63, 3.8) is 0 Å². The lowest BCUT2D eigenvalue weighted by Crippen LogP contribution is -2.55. The van der Waals surface area contributed by atoms with Gasteiger partial charge >= 0.3 is 0 Å². The Morgan fingerprint density at radius 3 is 2.44 bits per heavy atom. The Bertz CT molecular complexity index is 1180. The molecule has 0 spiro atoms. The van der Waals surface area contributed by atoms with Gasteiger partial charge in [-0.3, -0.25) is 19.2 Å². The molecule has 0 aliphatic carbocycles. The largest absolute Gasteiger partial charge is 0.480 e. The minimum Gasteiger partial charge on any atom is -0.480 e. The van der Waals surface area contributed by atoms with Crippen LogP contribution in [-0.2, 0) is 26.2 Å². The topological polar surface area (TPSA) is 105 Å². The number of nitrogens with zero attached hydrogens (tertiary/aromatic N) is 2. The number of sulfonamides is 1. The van der Waals surface area contributed by atoms with Crippen LogP contribution in [0.15, 0.2) is 42.5 Å². The van der Waals surface area contributed by atoms with Gasteiger partial charge in [0.15, 0.2) is 24.7 Å². The number of carbonyl (C=O) groups excluding carboxylic acids is 2. The highest BCUT2D eigenvalue weighted by Gasteiger charge is 2.29. The summed E-state index contributed by atoms with van der Waals surface area (Å²) < 4.78 is 48.4. The molecule has 9 nitrogen and oxygen atoms in total. The van der Waals surface area contributed by atoms with Crippen LogP contribution in [0.3, 0.4) is 0 Å². The van der Waals surface area contributed by atoms with Crippen LogP contribution in [0.2, 0.25) is 5.02 Å². The van der Waals surface area contributed by atoms with Gasteiger partial charge in [-0.25, -0.2) is 12.8 Å². The maximum absolute atomic E-state index is 13.2. The molecule has 1 atom stereocenters. The second kappa shape index (κ2) is 12.4. The van der Waals surface area contributed by atoms with E-state index < -0.39 is 22.5 Å². The highest BCUT2D eigenvalue weighted by atomic mass is 35.5. The minimum absolute atomic E-state index is 0.00377. The fourth-order valence-corrected chi connectivity index (χ4v) is 4.54. The molecule has 0 unspecified atom stereocenters. The molecule has 0 bridgehead atoms. The third-order valence-electron chi connectivity index (χ3n) is 5.59. The first-order valence-electron chi connectivity index (χ1n) is 11.4. The Labute approximate surface area is 215 Å². The average molecular weight is 542 g/mol. The molecule has 36 heavy (non-hydrogen) atoms. The summed E-state index contributed by atoms with van der Waals surface area (Å²) in [6.07, 6.45) is 1.62. The van der Waals surface area contributed by atoms with E-state index in [1.807, 2.05) is 6.92 Å². The maximum atomic E-state index is 13.2. The van der Waals surface area contributed by atoms with Gasteiger partial charge < -0.3 is 14.4 Å². The molecule has 0 aromatic heterocycles. The van der Waals surface area contributed by atoms with Crippen LogP contribution in [0.5, 0.6) is 11.5 Å². The summed E-state index contributed by atoms with van der Waals surface area (Å²) in [5.74, 6) is -1.02. The first kappa shape index (κ1) is 27.7. The minimum atomic E-state index is -3.72. The molecule has 2 amide bonds. The van der Waals surface area contributed by atoms with Crippen molar-refractivity contribution in [2.24, 2.45) is 0 Å². The smallest absolute Gasteiger partial charge is 0.271 e. The van der Waals surface area contributed by atoms with Crippen molar-refractivity contribution in [1.29, 1.82) is 0 Å². The van der Waals surface area contributed by atoms with Crippen LogP contribution in [0, 0.1) is 5.82 Å². The summed E-state index contributed by atoms with van der Waals surface area (Å²) in [5.41, 5.74) is 1.01. The van der Waals surface area contributed by atoms with Crippen LogP contribution < -0.4 is 14.2 Å². The number of nitrogens with one attached hydrogen (secondary N) is 1. The van der Waals surface area contributed by atoms with Gasteiger partial charge in [0.1, 0.15) is 5.82 Å². The fourth-order valence-electron chi connectivity index (χ4n) is 3.90. The van der Waals surface area contributed by atoms with Crippen molar-refractivity contribution in [3.8, 4) is 11.5 Å². The predicted molar refractivity (Wildman–Crippen MR) is 133 cm³/mol. The molecule has 1 fully saturated rings. The lowest BCUT2D eigenvalue weighted by Gasteiger charge is -2.41. The molecule has 0 radical (unpaired) electrons. The van der Waals surface area contributed by atoms with E-state index in [0.717, 1.165) is 18.2 Å². The van der Waals surface area contributed by atoms with E-state index in [9.17, 15) is 22.4 Å². The molecule has 2 aromatic carbocycles. The zero-order valence-electron chi connectivity index (χ0n) is 20.1. The molecular formula is C24H29ClFN3O6S. The van der Waals surface area contributed by atoms with Crippen molar-refractivity contribution >= 4 is 33.4 Å². The quantitative estimate of drug-likeness (QED) is 0.492. The molecule has 0 saturated carbocycles. The Hall–Kier alpha value is -2.89. The molecule has 196 valence electrons.